The van der Waals surface area contributed by atoms with E-state index in [1.54, 1.807) is 6.92 Å². The fraction of sp³-hybridized carbons (Fsp3) is 0.900. The van der Waals surface area contributed by atoms with Crippen molar-refractivity contribution < 1.29 is 9.53 Å². The molecule has 0 saturated carbocycles. The molecule has 0 bridgehead atoms. The van der Waals surface area contributed by atoms with Crippen LogP contribution >= 0.6 is 0 Å². The maximum Gasteiger partial charge on any atom is 0.239 e. The first-order valence-electron chi connectivity index (χ1n) is 5.31. The molecule has 0 aromatic rings. The lowest BCUT2D eigenvalue weighted by atomic mass is 10.1. The number of carbonyl (C=O) groups excluding carboxylic acids is 1. The van der Waals surface area contributed by atoms with Crippen LogP contribution in [0.2, 0.25) is 0 Å². The van der Waals surface area contributed by atoms with E-state index in [0.29, 0.717) is 19.7 Å². The Balaban J connectivity index is 2.43. The van der Waals surface area contributed by atoms with Gasteiger partial charge in [0.05, 0.1) is 18.8 Å². The summed E-state index contributed by atoms with van der Waals surface area (Å²) >= 11 is 0. The van der Waals surface area contributed by atoms with E-state index in [-0.39, 0.29) is 12.0 Å². The first-order valence-corrected chi connectivity index (χ1v) is 5.31. The zero-order valence-electron chi connectivity index (χ0n) is 9.03. The maximum absolute atomic E-state index is 11.6. The number of rotatable bonds is 3. The van der Waals surface area contributed by atoms with Crippen LogP contribution in [0.25, 0.3) is 0 Å². The van der Waals surface area contributed by atoms with E-state index in [1.165, 1.54) is 0 Å². The van der Waals surface area contributed by atoms with Crippen LogP contribution in [0.3, 0.4) is 0 Å². The second-order valence-corrected chi connectivity index (χ2v) is 3.85. The Bertz CT molecular complexity index is 193. The highest BCUT2D eigenvalue weighted by Crippen LogP contribution is 2.10. The average molecular weight is 200 g/mol. The number of hydrogen-bond acceptors (Lipinski definition) is 3. The van der Waals surface area contributed by atoms with Crippen LogP contribution in [-0.2, 0) is 9.53 Å². The molecule has 4 nitrogen and oxygen atoms in total. The largest absolute Gasteiger partial charge is 0.375 e. The molecule has 2 atom stereocenters. The average Bonchev–Trinajstić information content (AvgIpc) is 2.17. The molecule has 1 unspecified atom stereocenters. The first kappa shape index (κ1) is 11.5. The molecule has 1 aliphatic rings. The normalized spacial score (nSPS) is 24.8. The van der Waals surface area contributed by atoms with E-state index in [2.05, 4.69) is 6.92 Å². The second-order valence-electron chi connectivity index (χ2n) is 3.85. The summed E-state index contributed by atoms with van der Waals surface area (Å²) in [7, 11) is 0. The minimum atomic E-state index is -0.393. The summed E-state index contributed by atoms with van der Waals surface area (Å²) in [5.74, 6) is 0.0365. The summed E-state index contributed by atoms with van der Waals surface area (Å²) in [6, 6.07) is -0.393. The molecule has 1 saturated heterocycles. The van der Waals surface area contributed by atoms with Crippen LogP contribution in [0.1, 0.15) is 26.7 Å². The Labute approximate surface area is 85.4 Å². The predicted octanol–water partition coefficient (Wildman–Crippen LogP) is 0.361. The van der Waals surface area contributed by atoms with Gasteiger partial charge in [0, 0.05) is 13.1 Å². The molecule has 0 aromatic heterocycles. The van der Waals surface area contributed by atoms with Crippen molar-refractivity contribution >= 4 is 5.91 Å². The summed E-state index contributed by atoms with van der Waals surface area (Å²) in [4.78, 5) is 13.4. The third-order valence-electron chi connectivity index (χ3n) is 2.45. The van der Waals surface area contributed by atoms with Crippen LogP contribution in [0.4, 0.5) is 0 Å². The van der Waals surface area contributed by atoms with Crippen molar-refractivity contribution in [1.82, 2.24) is 4.90 Å². The summed E-state index contributed by atoms with van der Waals surface area (Å²) in [5, 5.41) is 0. The number of amides is 1. The Morgan fingerprint density at radius 3 is 3.00 bits per heavy atom. The van der Waals surface area contributed by atoms with Crippen LogP contribution in [0.15, 0.2) is 0 Å². The third-order valence-corrected chi connectivity index (χ3v) is 2.45. The molecular weight excluding hydrogens is 180 g/mol. The van der Waals surface area contributed by atoms with Crippen molar-refractivity contribution in [3.63, 3.8) is 0 Å². The number of nitrogens with two attached hydrogens (primary N) is 1. The number of ether oxygens (including phenoxy) is 1. The van der Waals surface area contributed by atoms with E-state index < -0.39 is 6.04 Å². The Kier molecular flexibility index (Phi) is 4.35. The SMILES string of the molecule is CCCC1CN(C(=O)[C@@H](C)N)CCO1. The van der Waals surface area contributed by atoms with Gasteiger partial charge in [-0.2, -0.15) is 0 Å². The van der Waals surface area contributed by atoms with Crippen molar-refractivity contribution in [1.29, 1.82) is 0 Å². The van der Waals surface area contributed by atoms with Gasteiger partial charge in [0.15, 0.2) is 0 Å². The van der Waals surface area contributed by atoms with Crippen LogP contribution in [0.5, 0.6) is 0 Å². The van der Waals surface area contributed by atoms with Gasteiger partial charge in [-0.1, -0.05) is 13.3 Å². The summed E-state index contributed by atoms with van der Waals surface area (Å²) in [6.45, 7) is 5.88. The molecule has 1 amide bonds. The van der Waals surface area contributed by atoms with Crippen LogP contribution < -0.4 is 5.73 Å². The topological polar surface area (TPSA) is 55.6 Å². The van der Waals surface area contributed by atoms with Crippen LogP contribution in [-0.4, -0.2) is 42.6 Å². The van der Waals surface area contributed by atoms with Gasteiger partial charge in [-0.05, 0) is 13.3 Å². The molecule has 0 spiro atoms. The van der Waals surface area contributed by atoms with Gasteiger partial charge < -0.3 is 15.4 Å². The van der Waals surface area contributed by atoms with Gasteiger partial charge in [0.2, 0.25) is 5.91 Å². The second kappa shape index (κ2) is 5.32. The van der Waals surface area contributed by atoms with E-state index in [0.717, 1.165) is 12.8 Å². The molecule has 2 N–H and O–H groups in total. The van der Waals surface area contributed by atoms with Gasteiger partial charge in [-0.25, -0.2) is 0 Å². The molecule has 1 rings (SSSR count). The molecule has 0 aliphatic carbocycles. The van der Waals surface area contributed by atoms with Gasteiger partial charge in [0.1, 0.15) is 0 Å². The number of nitrogens with zero attached hydrogens (tertiary/aromatic N) is 1. The van der Waals surface area contributed by atoms with Gasteiger partial charge in [0.25, 0.3) is 0 Å². The maximum atomic E-state index is 11.6. The highest BCUT2D eigenvalue weighted by atomic mass is 16.5. The van der Waals surface area contributed by atoms with E-state index >= 15 is 0 Å². The summed E-state index contributed by atoms with van der Waals surface area (Å²) in [5.41, 5.74) is 5.55. The smallest absolute Gasteiger partial charge is 0.239 e. The molecule has 4 heteroatoms. The van der Waals surface area contributed by atoms with Gasteiger partial charge >= 0.3 is 0 Å². The molecule has 0 aromatic carbocycles. The zero-order chi connectivity index (χ0) is 10.6. The van der Waals surface area contributed by atoms with Gasteiger partial charge in [-0.15, -0.1) is 0 Å². The quantitative estimate of drug-likeness (QED) is 0.715. The molecule has 14 heavy (non-hydrogen) atoms. The summed E-state index contributed by atoms with van der Waals surface area (Å²) < 4.78 is 5.54. The molecule has 1 fully saturated rings. The lowest BCUT2D eigenvalue weighted by molar-refractivity contribution is -0.140. The van der Waals surface area contributed by atoms with E-state index in [1.807, 2.05) is 4.90 Å². The summed E-state index contributed by atoms with van der Waals surface area (Å²) in [6.07, 6.45) is 2.31. The van der Waals surface area contributed by atoms with Crippen molar-refractivity contribution in [2.24, 2.45) is 5.73 Å². The number of morpholine rings is 1. The van der Waals surface area contributed by atoms with Gasteiger partial charge in [-0.3, -0.25) is 4.79 Å². The van der Waals surface area contributed by atoms with Crippen molar-refractivity contribution in [3.8, 4) is 0 Å². The first-order chi connectivity index (χ1) is 6.65. The third kappa shape index (κ3) is 2.96. The molecule has 1 heterocycles. The Morgan fingerprint density at radius 1 is 1.71 bits per heavy atom. The minimum Gasteiger partial charge on any atom is -0.375 e. The minimum absolute atomic E-state index is 0.0365. The fourth-order valence-electron chi connectivity index (χ4n) is 1.70. The molecular formula is C10H20N2O2. The lowest BCUT2D eigenvalue weighted by Crippen LogP contribution is -2.50. The Morgan fingerprint density at radius 2 is 2.43 bits per heavy atom. The predicted molar refractivity (Wildman–Crippen MR) is 54.9 cm³/mol. The molecule has 0 radical (unpaired) electrons. The van der Waals surface area contributed by atoms with Crippen molar-refractivity contribution in [2.45, 2.75) is 38.8 Å². The van der Waals surface area contributed by atoms with E-state index in [4.69, 9.17) is 10.5 Å². The van der Waals surface area contributed by atoms with Crippen molar-refractivity contribution in [2.75, 3.05) is 19.7 Å². The van der Waals surface area contributed by atoms with Crippen LogP contribution in [0, 0.1) is 0 Å². The highest BCUT2D eigenvalue weighted by molar-refractivity contribution is 5.81. The molecule has 1 aliphatic heterocycles. The fourth-order valence-corrected chi connectivity index (χ4v) is 1.70. The van der Waals surface area contributed by atoms with Crippen molar-refractivity contribution in [3.05, 3.63) is 0 Å². The highest BCUT2D eigenvalue weighted by Gasteiger charge is 2.24. The van der Waals surface area contributed by atoms with E-state index in [9.17, 15) is 4.79 Å². The standard InChI is InChI=1S/C10H20N2O2/c1-3-4-9-7-12(5-6-14-9)10(13)8(2)11/h8-9H,3-7,11H2,1-2H3/t8-,9?/m1/s1. The molecule has 82 valence electrons. The lowest BCUT2D eigenvalue weighted by Gasteiger charge is -2.33. The monoisotopic (exact) mass is 200 g/mol. The number of carbonyl (C=O) groups is 1. The zero-order valence-corrected chi connectivity index (χ0v) is 9.03. The number of hydrogen-bond donors (Lipinski definition) is 1. The Hall–Kier alpha value is -0.610.